The standard InChI is InChI=1S/C16H20N2O/c1-3-16(4-2,11-17)15(19)18-14-10-13(14)12-8-6-5-7-9-12/h5-9,13-14H,3-4,10H2,1-2H3,(H,18,19). The number of nitriles is 1. The van der Waals surface area contributed by atoms with Gasteiger partial charge >= 0.3 is 0 Å². The molecular weight excluding hydrogens is 236 g/mol. The van der Waals surface area contributed by atoms with Crippen molar-refractivity contribution in [2.45, 2.75) is 45.1 Å². The smallest absolute Gasteiger partial charge is 0.240 e. The summed E-state index contributed by atoms with van der Waals surface area (Å²) in [6, 6.07) is 12.6. The number of carbonyl (C=O) groups is 1. The normalized spacial score (nSPS) is 21.5. The second-order valence-electron chi connectivity index (χ2n) is 5.23. The topological polar surface area (TPSA) is 52.9 Å². The van der Waals surface area contributed by atoms with Gasteiger partial charge in [0.2, 0.25) is 5.91 Å². The summed E-state index contributed by atoms with van der Waals surface area (Å²) in [5.74, 6) is 0.304. The molecule has 2 rings (SSSR count). The van der Waals surface area contributed by atoms with Gasteiger partial charge in [0.15, 0.2) is 0 Å². The van der Waals surface area contributed by atoms with Gasteiger partial charge in [-0.15, -0.1) is 0 Å². The van der Waals surface area contributed by atoms with E-state index in [9.17, 15) is 10.1 Å². The highest BCUT2D eigenvalue weighted by Crippen LogP contribution is 2.41. The van der Waals surface area contributed by atoms with Gasteiger partial charge in [0.05, 0.1) is 6.07 Å². The molecule has 0 bridgehead atoms. The van der Waals surface area contributed by atoms with Crippen molar-refractivity contribution in [1.29, 1.82) is 5.26 Å². The van der Waals surface area contributed by atoms with E-state index in [4.69, 9.17) is 0 Å². The average Bonchev–Trinajstić information content (AvgIpc) is 3.22. The number of amides is 1. The minimum absolute atomic E-state index is 0.108. The monoisotopic (exact) mass is 256 g/mol. The van der Waals surface area contributed by atoms with Crippen LogP contribution in [0.25, 0.3) is 0 Å². The Morgan fingerprint density at radius 1 is 1.37 bits per heavy atom. The molecule has 1 aliphatic rings. The summed E-state index contributed by atoms with van der Waals surface area (Å²) in [6.07, 6.45) is 2.10. The number of benzene rings is 1. The number of rotatable bonds is 5. The SMILES string of the molecule is CCC(C#N)(CC)C(=O)NC1CC1c1ccccc1. The van der Waals surface area contributed by atoms with E-state index in [-0.39, 0.29) is 11.9 Å². The molecule has 0 radical (unpaired) electrons. The summed E-state index contributed by atoms with van der Waals surface area (Å²) < 4.78 is 0. The van der Waals surface area contributed by atoms with Gasteiger partial charge in [0.1, 0.15) is 5.41 Å². The first-order valence-corrected chi connectivity index (χ1v) is 6.94. The van der Waals surface area contributed by atoms with Gasteiger partial charge in [-0.25, -0.2) is 0 Å². The van der Waals surface area contributed by atoms with Crippen molar-refractivity contribution in [3.05, 3.63) is 35.9 Å². The van der Waals surface area contributed by atoms with E-state index in [1.54, 1.807) is 0 Å². The van der Waals surface area contributed by atoms with E-state index in [1.165, 1.54) is 5.56 Å². The van der Waals surface area contributed by atoms with Crippen LogP contribution < -0.4 is 5.32 Å². The third kappa shape index (κ3) is 2.63. The van der Waals surface area contributed by atoms with E-state index in [1.807, 2.05) is 32.0 Å². The van der Waals surface area contributed by atoms with Gasteiger partial charge in [-0.3, -0.25) is 4.79 Å². The number of nitrogens with one attached hydrogen (secondary N) is 1. The molecule has 1 aliphatic carbocycles. The molecule has 100 valence electrons. The van der Waals surface area contributed by atoms with Crippen LogP contribution in [0.2, 0.25) is 0 Å². The van der Waals surface area contributed by atoms with Crippen molar-refractivity contribution < 1.29 is 4.79 Å². The molecule has 2 unspecified atom stereocenters. The lowest BCUT2D eigenvalue weighted by atomic mass is 9.83. The molecule has 1 amide bonds. The lowest BCUT2D eigenvalue weighted by Gasteiger charge is -2.22. The maximum atomic E-state index is 12.3. The molecule has 3 nitrogen and oxygen atoms in total. The average molecular weight is 256 g/mol. The molecule has 1 aromatic rings. The van der Waals surface area contributed by atoms with Crippen LogP contribution >= 0.6 is 0 Å². The highest BCUT2D eigenvalue weighted by molar-refractivity contribution is 5.86. The predicted molar refractivity (Wildman–Crippen MR) is 74.4 cm³/mol. The van der Waals surface area contributed by atoms with E-state index < -0.39 is 5.41 Å². The maximum Gasteiger partial charge on any atom is 0.240 e. The van der Waals surface area contributed by atoms with Crippen LogP contribution in [-0.4, -0.2) is 11.9 Å². The summed E-state index contributed by atoms with van der Waals surface area (Å²) in [5.41, 5.74) is 0.410. The van der Waals surface area contributed by atoms with E-state index in [2.05, 4.69) is 23.5 Å². The summed E-state index contributed by atoms with van der Waals surface area (Å²) in [7, 11) is 0. The lowest BCUT2D eigenvalue weighted by molar-refractivity contribution is -0.128. The Kier molecular flexibility index (Phi) is 3.90. The third-order valence-corrected chi connectivity index (χ3v) is 4.19. The molecule has 0 saturated heterocycles. The fraction of sp³-hybridized carbons (Fsp3) is 0.500. The first-order chi connectivity index (χ1) is 9.16. The summed E-state index contributed by atoms with van der Waals surface area (Å²) >= 11 is 0. The van der Waals surface area contributed by atoms with Crippen LogP contribution in [0.15, 0.2) is 30.3 Å². The van der Waals surface area contributed by atoms with Crippen LogP contribution in [0.1, 0.15) is 44.6 Å². The number of hydrogen-bond donors (Lipinski definition) is 1. The Morgan fingerprint density at radius 2 is 2.00 bits per heavy atom. The molecule has 1 saturated carbocycles. The van der Waals surface area contributed by atoms with Gasteiger partial charge in [-0.1, -0.05) is 44.2 Å². The van der Waals surface area contributed by atoms with Gasteiger partial charge in [-0.05, 0) is 24.8 Å². The number of nitrogens with zero attached hydrogens (tertiary/aromatic N) is 1. The third-order valence-electron chi connectivity index (χ3n) is 4.19. The number of carbonyl (C=O) groups excluding carboxylic acids is 1. The van der Waals surface area contributed by atoms with Crippen molar-refractivity contribution >= 4 is 5.91 Å². The molecule has 3 heteroatoms. The Morgan fingerprint density at radius 3 is 2.53 bits per heavy atom. The molecule has 0 heterocycles. The molecule has 1 N–H and O–H groups in total. The first-order valence-electron chi connectivity index (χ1n) is 6.94. The Labute approximate surface area is 114 Å². The molecule has 1 aromatic carbocycles. The van der Waals surface area contributed by atoms with Crippen LogP contribution in [0.5, 0.6) is 0 Å². The van der Waals surface area contributed by atoms with Gasteiger partial charge in [0.25, 0.3) is 0 Å². The van der Waals surface area contributed by atoms with Gasteiger partial charge in [-0.2, -0.15) is 5.26 Å². The van der Waals surface area contributed by atoms with Gasteiger partial charge in [0, 0.05) is 12.0 Å². The summed E-state index contributed by atoms with van der Waals surface area (Å²) in [4.78, 5) is 12.3. The Hall–Kier alpha value is -1.82. The van der Waals surface area contributed by atoms with Crippen molar-refractivity contribution in [2.75, 3.05) is 0 Å². The zero-order chi connectivity index (χ0) is 13.9. The molecule has 0 aliphatic heterocycles. The number of hydrogen-bond acceptors (Lipinski definition) is 2. The van der Waals surface area contributed by atoms with Crippen LogP contribution in [0.3, 0.4) is 0 Å². The molecular formula is C16H20N2O. The van der Waals surface area contributed by atoms with Crippen molar-refractivity contribution in [2.24, 2.45) is 5.41 Å². The molecule has 2 atom stereocenters. The first kappa shape index (κ1) is 13.6. The summed E-state index contributed by atoms with van der Waals surface area (Å²) in [6.45, 7) is 3.79. The Bertz CT molecular complexity index is 485. The highest BCUT2D eigenvalue weighted by Gasteiger charge is 2.43. The van der Waals surface area contributed by atoms with Crippen molar-refractivity contribution in [3.8, 4) is 6.07 Å². The molecule has 0 aromatic heterocycles. The minimum Gasteiger partial charge on any atom is -0.351 e. The molecule has 1 fully saturated rings. The summed E-state index contributed by atoms with van der Waals surface area (Å²) in [5, 5.41) is 12.3. The van der Waals surface area contributed by atoms with Crippen LogP contribution in [0.4, 0.5) is 0 Å². The maximum absolute atomic E-state index is 12.3. The zero-order valence-corrected chi connectivity index (χ0v) is 11.5. The minimum atomic E-state index is -0.857. The van der Waals surface area contributed by atoms with Crippen molar-refractivity contribution in [1.82, 2.24) is 5.32 Å². The molecule has 0 spiro atoms. The quantitative estimate of drug-likeness (QED) is 0.880. The molecule has 19 heavy (non-hydrogen) atoms. The van der Waals surface area contributed by atoms with Crippen LogP contribution in [-0.2, 0) is 4.79 Å². The zero-order valence-electron chi connectivity index (χ0n) is 11.5. The predicted octanol–water partition coefficient (Wildman–Crippen LogP) is 2.99. The fourth-order valence-electron chi connectivity index (χ4n) is 2.51. The second-order valence-corrected chi connectivity index (χ2v) is 5.23. The van der Waals surface area contributed by atoms with Crippen molar-refractivity contribution in [3.63, 3.8) is 0 Å². The fourth-order valence-corrected chi connectivity index (χ4v) is 2.51. The second kappa shape index (κ2) is 5.44. The van der Waals surface area contributed by atoms with Gasteiger partial charge < -0.3 is 5.32 Å². The van der Waals surface area contributed by atoms with E-state index in [0.29, 0.717) is 18.8 Å². The van der Waals surface area contributed by atoms with Crippen LogP contribution in [0, 0.1) is 16.7 Å². The largest absolute Gasteiger partial charge is 0.351 e. The highest BCUT2D eigenvalue weighted by atomic mass is 16.2. The lowest BCUT2D eigenvalue weighted by Crippen LogP contribution is -2.40. The van der Waals surface area contributed by atoms with E-state index in [0.717, 1.165) is 6.42 Å². The van der Waals surface area contributed by atoms with E-state index >= 15 is 0 Å². The Balaban J connectivity index is 1.98.